The van der Waals surface area contributed by atoms with E-state index in [0.717, 1.165) is 19.4 Å². The smallest absolute Gasteiger partial charge is 0.224 e. The summed E-state index contributed by atoms with van der Waals surface area (Å²) < 4.78 is 0. The van der Waals surface area contributed by atoms with Crippen LogP contribution in [0.4, 0.5) is 0 Å². The second-order valence-electron chi connectivity index (χ2n) is 6.93. The Labute approximate surface area is 133 Å². The molecule has 2 heterocycles. The van der Waals surface area contributed by atoms with Crippen LogP contribution in [0.5, 0.6) is 0 Å². The summed E-state index contributed by atoms with van der Waals surface area (Å²) in [5.74, 6) is 0.281. The molecule has 2 saturated heterocycles. The van der Waals surface area contributed by atoms with Gasteiger partial charge in [-0.25, -0.2) is 0 Å². The molecular formula is C16H29N3O3. The quantitative estimate of drug-likeness (QED) is 0.793. The van der Waals surface area contributed by atoms with Gasteiger partial charge in [0.25, 0.3) is 0 Å². The summed E-state index contributed by atoms with van der Waals surface area (Å²) in [6.45, 7) is 3.18. The third-order valence-corrected chi connectivity index (χ3v) is 4.67. The highest BCUT2D eigenvalue weighted by atomic mass is 16.3. The zero-order chi connectivity index (χ0) is 16.2. The lowest BCUT2D eigenvalue weighted by molar-refractivity contribution is -0.138. The van der Waals surface area contributed by atoms with Crippen molar-refractivity contribution in [1.29, 1.82) is 0 Å². The molecule has 2 rings (SSSR count). The van der Waals surface area contributed by atoms with Gasteiger partial charge in [0.1, 0.15) is 0 Å². The Kier molecular flexibility index (Phi) is 5.81. The number of carbonyl (C=O) groups is 2. The molecule has 2 amide bonds. The van der Waals surface area contributed by atoms with E-state index in [1.807, 2.05) is 28.8 Å². The molecule has 0 spiro atoms. The Morgan fingerprint density at radius 1 is 1.23 bits per heavy atom. The first-order chi connectivity index (χ1) is 10.4. The first kappa shape index (κ1) is 17.2. The number of hydrogen-bond acceptors (Lipinski definition) is 4. The Balaban J connectivity index is 1.74. The third-order valence-electron chi connectivity index (χ3n) is 4.67. The molecule has 6 nitrogen and oxygen atoms in total. The number of likely N-dealkylation sites (N-methyl/N-ethyl adjacent to an activating group) is 1. The number of hydrogen-bond donors (Lipinski definition) is 1. The van der Waals surface area contributed by atoms with Crippen molar-refractivity contribution in [3.63, 3.8) is 0 Å². The second-order valence-corrected chi connectivity index (χ2v) is 6.93. The van der Waals surface area contributed by atoms with Gasteiger partial charge >= 0.3 is 0 Å². The summed E-state index contributed by atoms with van der Waals surface area (Å²) in [4.78, 5) is 29.6. The minimum absolute atomic E-state index is 0.102. The van der Waals surface area contributed by atoms with Crippen LogP contribution in [0.15, 0.2) is 0 Å². The fourth-order valence-corrected chi connectivity index (χ4v) is 3.41. The van der Waals surface area contributed by atoms with Gasteiger partial charge in [-0.3, -0.25) is 9.59 Å². The van der Waals surface area contributed by atoms with Crippen molar-refractivity contribution in [3.05, 3.63) is 0 Å². The van der Waals surface area contributed by atoms with Gasteiger partial charge < -0.3 is 19.8 Å². The van der Waals surface area contributed by atoms with Crippen LogP contribution < -0.4 is 0 Å². The van der Waals surface area contributed by atoms with E-state index in [1.54, 1.807) is 0 Å². The van der Waals surface area contributed by atoms with E-state index in [-0.39, 0.29) is 11.8 Å². The topological polar surface area (TPSA) is 64.1 Å². The van der Waals surface area contributed by atoms with Gasteiger partial charge in [0.2, 0.25) is 11.8 Å². The molecule has 0 atom stereocenters. The second kappa shape index (κ2) is 7.42. The minimum Gasteiger partial charge on any atom is -0.388 e. The lowest BCUT2D eigenvalue weighted by atomic mass is 9.91. The summed E-state index contributed by atoms with van der Waals surface area (Å²) in [5.41, 5.74) is -0.677. The van der Waals surface area contributed by atoms with E-state index < -0.39 is 5.60 Å². The van der Waals surface area contributed by atoms with Gasteiger partial charge in [0, 0.05) is 45.6 Å². The molecule has 0 radical (unpaired) electrons. The highest BCUT2D eigenvalue weighted by molar-refractivity contribution is 5.79. The van der Waals surface area contributed by atoms with E-state index in [4.69, 9.17) is 0 Å². The van der Waals surface area contributed by atoms with Crippen LogP contribution in [-0.2, 0) is 9.59 Å². The van der Waals surface area contributed by atoms with E-state index in [1.165, 1.54) is 0 Å². The molecular weight excluding hydrogens is 282 g/mol. The van der Waals surface area contributed by atoms with Crippen molar-refractivity contribution >= 4 is 11.8 Å². The number of aliphatic hydroxyl groups is 1. The molecule has 2 aliphatic rings. The van der Waals surface area contributed by atoms with Crippen LogP contribution in [0.1, 0.15) is 38.5 Å². The van der Waals surface area contributed by atoms with Crippen LogP contribution in [-0.4, -0.2) is 84.0 Å². The van der Waals surface area contributed by atoms with Crippen molar-refractivity contribution in [1.82, 2.24) is 14.7 Å². The highest BCUT2D eigenvalue weighted by Gasteiger charge is 2.34. The minimum atomic E-state index is -0.677. The van der Waals surface area contributed by atoms with Gasteiger partial charge in [-0.05, 0) is 39.8 Å². The van der Waals surface area contributed by atoms with Crippen molar-refractivity contribution in [2.75, 3.05) is 46.8 Å². The molecule has 6 heteroatoms. The van der Waals surface area contributed by atoms with Gasteiger partial charge in [-0.1, -0.05) is 0 Å². The molecule has 1 N–H and O–H groups in total. The van der Waals surface area contributed by atoms with Crippen LogP contribution >= 0.6 is 0 Å². The number of amides is 2. The van der Waals surface area contributed by atoms with E-state index in [9.17, 15) is 14.7 Å². The zero-order valence-electron chi connectivity index (χ0n) is 13.9. The predicted octanol–water partition coefficient (Wildman–Crippen LogP) is 0.304. The molecule has 2 fully saturated rings. The average molecular weight is 311 g/mol. The highest BCUT2D eigenvalue weighted by Crippen LogP contribution is 2.23. The first-order valence-electron chi connectivity index (χ1n) is 8.32. The van der Waals surface area contributed by atoms with Gasteiger partial charge in [0.15, 0.2) is 0 Å². The van der Waals surface area contributed by atoms with Crippen molar-refractivity contribution < 1.29 is 14.7 Å². The lowest BCUT2D eigenvalue weighted by Gasteiger charge is -2.39. The standard InChI is InChI=1S/C16H29N3O3/c1-17(2)13-16(22)7-11-19(12-8-16)15(21)6-10-18-9-4-3-5-14(18)20/h22H,3-13H2,1-2H3. The van der Waals surface area contributed by atoms with Crippen LogP contribution in [0.2, 0.25) is 0 Å². The fraction of sp³-hybridized carbons (Fsp3) is 0.875. The SMILES string of the molecule is CN(C)CC1(O)CCN(C(=O)CCN2CCCCC2=O)CC1. The summed E-state index contributed by atoms with van der Waals surface area (Å²) in [5, 5.41) is 10.5. The molecule has 0 bridgehead atoms. The van der Waals surface area contributed by atoms with E-state index in [2.05, 4.69) is 0 Å². The number of nitrogens with zero attached hydrogens (tertiary/aromatic N) is 3. The van der Waals surface area contributed by atoms with E-state index >= 15 is 0 Å². The number of likely N-dealkylation sites (tertiary alicyclic amines) is 2. The molecule has 0 saturated carbocycles. The van der Waals surface area contributed by atoms with Crippen LogP contribution in [0.25, 0.3) is 0 Å². The largest absolute Gasteiger partial charge is 0.388 e. The fourth-order valence-electron chi connectivity index (χ4n) is 3.41. The van der Waals surface area contributed by atoms with Crippen molar-refractivity contribution in [2.45, 2.75) is 44.1 Å². The van der Waals surface area contributed by atoms with Gasteiger partial charge in [0.05, 0.1) is 5.60 Å². The number of piperidine rings is 2. The zero-order valence-corrected chi connectivity index (χ0v) is 13.9. The molecule has 22 heavy (non-hydrogen) atoms. The first-order valence-corrected chi connectivity index (χ1v) is 8.32. The summed E-state index contributed by atoms with van der Waals surface area (Å²) in [7, 11) is 3.90. The van der Waals surface area contributed by atoms with Gasteiger partial charge in [-0.15, -0.1) is 0 Å². The monoisotopic (exact) mass is 311 g/mol. The number of carbonyl (C=O) groups excluding carboxylic acids is 2. The van der Waals surface area contributed by atoms with Gasteiger partial charge in [-0.2, -0.15) is 0 Å². The Hall–Kier alpha value is -1.14. The maximum absolute atomic E-state index is 12.3. The Morgan fingerprint density at radius 3 is 2.50 bits per heavy atom. The molecule has 0 aromatic heterocycles. The molecule has 0 aromatic carbocycles. The summed E-state index contributed by atoms with van der Waals surface area (Å²) in [6, 6.07) is 0. The molecule has 0 aromatic rings. The normalized spacial score (nSPS) is 22.3. The summed E-state index contributed by atoms with van der Waals surface area (Å²) >= 11 is 0. The maximum atomic E-state index is 12.3. The maximum Gasteiger partial charge on any atom is 0.224 e. The van der Waals surface area contributed by atoms with Crippen LogP contribution in [0, 0.1) is 0 Å². The molecule has 2 aliphatic heterocycles. The van der Waals surface area contributed by atoms with Crippen molar-refractivity contribution in [3.8, 4) is 0 Å². The lowest BCUT2D eigenvalue weighted by Crippen LogP contribution is -2.51. The van der Waals surface area contributed by atoms with Crippen LogP contribution in [0.3, 0.4) is 0 Å². The number of rotatable bonds is 5. The van der Waals surface area contributed by atoms with Crippen molar-refractivity contribution in [2.24, 2.45) is 0 Å². The third kappa shape index (κ3) is 4.68. The molecule has 0 unspecified atom stereocenters. The summed E-state index contributed by atoms with van der Waals surface area (Å²) in [6.07, 6.45) is 4.29. The molecule has 126 valence electrons. The Morgan fingerprint density at radius 2 is 1.91 bits per heavy atom. The predicted molar refractivity (Wildman–Crippen MR) is 84.4 cm³/mol. The van der Waals surface area contributed by atoms with E-state index in [0.29, 0.717) is 51.9 Å². The molecule has 0 aliphatic carbocycles. The Bertz CT molecular complexity index is 403. The average Bonchev–Trinajstić information content (AvgIpc) is 2.45.